The Hall–Kier alpha value is -4.89. The molecule has 3 heterocycles. The van der Waals surface area contributed by atoms with Crippen molar-refractivity contribution in [1.29, 1.82) is 5.26 Å². The quantitative estimate of drug-likeness (QED) is 0.366. The summed E-state index contributed by atoms with van der Waals surface area (Å²) in [7, 11) is 0. The summed E-state index contributed by atoms with van der Waals surface area (Å²) in [5.41, 5.74) is 4.20. The van der Waals surface area contributed by atoms with Gasteiger partial charge in [-0.25, -0.2) is 0 Å². The van der Waals surface area contributed by atoms with Crippen molar-refractivity contribution in [3.8, 4) is 29.4 Å². The SMILES string of the molecule is N#Cc1cccc(C#Cc2cccc3c2cnn3Cc2ccc(-c3nnc(C(F)F)o3)cn2)c1. The number of nitrogens with zero attached hydrogens (tertiary/aromatic N) is 6. The highest BCUT2D eigenvalue weighted by Crippen LogP contribution is 2.23. The van der Waals surface area contributed by atoms with Crippen molar-refractivity contribution >= 4 is 10.9 Å². The highest BCUT2D eigenvalue weighted by Gasteiger charge is 2.17. The zero-order valence-corrected chi connectivity index (χ0v) is 17.5. The minimum Gasteiger partial charge on any atom is -0.415 e. The van der Waals surface area contributed by atoms with Gasteiger partial charge < -0.3 is 4.42 Å². The molecule has 5 aromatic rings. The van der Waals surface area contributed by atoms with Crippen molar-refractivity contribution < 1.29 is 13.2 Å². The van der Waals surface area contributed by atoms with Gasteiger partial charge in [-0.05, 0) is 42.5 Å². The lowest BCUT2D eigenvalue weighted by Gasteiger charge is -2.04. The second-order valence-corrected chi connectivity index (χ2v) is 7.27. The van der Waals surface area contributed by atoms with Gasteiger partial charge in [0.25, 0.3) is 5.89 Å². The van der Waals surface area contributed by atoms with Crippen LogP contribution in [0, 0.1) is 23.2 Å². The molecule has 0 saturated heterocycles. The Morgan fingerprint density at radius 3 is 2.59 bits per heavy atom. The van der Waals surface area contributed by atoms with Gasteiger partial charge in [-0.15, -0.1) is 10.2 Å². The predicted octanol–water partition coefficient (Wildman–Crippen LogP) is 4.74. The van der Waals surface area contributed by atoms with Gasteiger partial charge in [-0.2, -0.15) is 19.1 Å². The molecule has 0 fully saturated rings. The number of halogens is 2. The van der Waals surface area contributed by atoms with Crippen molar-refractivity contribution in [3.05, 3.63) is 95.3 Å². The van der Waals surface area contributed by atoms with Crippen LogP contribution in [0.3, 0.4) is 0 Å². The molecular weight excluding hydrogens is 438 g/mol. The maximum Gasteiger partial charge on any atom is 0.314 e. The van der Waals surface area contributed by atoms with Gasteiger partial charge in [-0.3, -0.25) is 9.67 Å². The highest BCUT2D eigenvalue weighted by molar-refractivity contribution is 5.85. The van der Waals surface area contributed by atoms with Crippen molar-refractivity contribution in [1.82, 2.24) is 25.0 Å². The summed E-state index contributed by atoms with van der Waals surface area (Å²) in [5.74, 6) is 5.53. The molecule has 0 aliphatic rings. The molecule has 0 unspecified atom stereocenters. The van der Waals surface area contributed by atoms with Crippen LogP contribution in [0.1, 0.15) is 34.7 Å². The topological polar surface area (TPSA) is 93.4 Å². The Morgan fingerprint density at radius 1 is 0.971 bits per heavy atom. The van der Waals surface area contributed by atoms with Crippen molar-refractivity contribution in [2.45, 2.75) is 13.0 Å². The van der Waals surface area contributed by atoms with E-state index in [1.807, 2.05) is 24.3 Å². The fraction of sp³-hybridized carbons (Fsp3) is 0.0800. The van der Waals surface area contributed by atoms with E-state index in [9.17, 15) is 8.78 Å². The lowest BCUT2D eigenvalue weighted by atomic mass is 10.1. The number of nitriles is 1. The number of benzene rings is 2. The van der Waals surface area contributed by atoms with Gasteiger partial charge in [0, 0.05) is 22.7 Å². The monoisotopic (exact) mass is 452 g/mol. The summed E-state index contributed by atoms with van der Waals surface area (Å²) in [5, 5.41) is 21.4. The summed E-state index contributed by atoms with van der Waals surface area (Å²) < 4.78 is 32.1. The Balaban J connectivity index is 1.38. The van der Waals surface area contributed by atoms with Crippen LogP contribution in [0.15, 0.2) is 71.4 Å². The highest BCUT2D eigenvalue weighted by atomic mass is 19.3. The molecular formula is C25H14F2N6O. The molecule has 0 atom stereocenters. The molecule has 0 aliphatic heterocycles. The average Bonchev–Trinajstić information content (AvgIpc) is 3.52. The average molecular weight is 452 g/mol. The second-order valence-electron chi connectivity index (χ2n) is 7.27. The summed E-state index contributed by atoms with van der Waals surface area (Å²) in [6.07, 6.45) is 0.429. The maximum absolute atomic E-state index is 12.7. The number of alkyl halides is 2. The van der Waals surface area contributed by atoms with E-state index in [4.69, 9.17) is 9.68 Å². The van der Waals surface area contributed by atoms with Crippen molar-refractivity contribution in [2.75, 3.05) is 0 Å². The minimum atomic E-state index is -2.82. The molecule has 0 aliphatic carbocycles. The molecule has 3 aromatic heterocycles. The largest absolute Gasteiger partial charge is 0.415 e. The fourth-order valence-electron chi connectivity index (χ4n) is 3.38. The van der Waals surface area contributed by atoms with E-state index in [2.05, 4.69) is 38.2 Å². The smallest absolute Gasteiger partial charge is 0.314 e. The van der Waals surface area contributed by atoms with E-state index in [0.29, 0.717) is 23.4 Å². The molecule has 2 aromatic carbocycles. The zero-order valence-electron chi connectivity index (χ0n) is 17.5. The summed E-state index contributed by atoms with van der Waals surface area (Å²) in [6.45, 7) is 0.400. The Kier molecular flexibility index (Phi) is 5.51. The number of aromatic nitrogens is 5. The first kappa shape index (κ1) is 21.0. The lowest BCUT2D eigenvalue weighted by Crippen LogP contribution is -2.03. The normalized spacial score (nSPS) is 10.8. The van der Waals surface area contributed by atoms with Crippen LogP contribution < -0.4 is 0 Å². The van der Waals surface area contributed by atoms with Crippen LogP contribution in [0.2, 0.25) is 0 Å². The fourth-order valence-corrected chi connectivity index (χ4v) is 3.38. The molecule has 0 radical (unpaired) electrons. The second kappa shape index (κ2) is 8.93. The lowest BCUT2D eigenvalue weighted by molar-refractivity contribution is 0.116. The van der Waals surface area contributed by atoms with Gasteiger partial charge in [0.2, 0.25) is 5.89 Å². The number of hydrogen-bond donors (Lipinski definition) is 0. The molecule has 0 saturated carbocycles. The third-order valence-electron chi connectivity index (χ3n) is 5.03. The first-order valence-electron chi connectivity index (χ1n) is 10.1. The molecule has 9 heteroatoms. The van der Waals surface area contributed by atoms with E-state index in [-0.39, 0.29) is 5.89 Å². The number of pyridine rings is 1. The first-order chi connectivity index (χ1) is 16.6. The van der Waals surface area contributed by atoms with E-state index >= 15 is 0 Å². The van der Waals surface area contributed by atoms with Crippen LogP contribution in [-0.4, -0.2) is 25.0 Å². The van der Waals surface area contributed by atoms with Crippen LogP contribution in [0.5, 0.6) is 0 Å². The van der Waals surface area contributed by atoms with E-state index in [0.717, 1.165) is 22.0 Å². The molecule has 0 spiro atoms. The summed E-state index contributed by atoms with van der Waals surface area (Å²) in [4.78, 5) is 4.38. The third-order valence-corrected chi connectivity index (χ3v) is 5.03. The molecule has 34 heavy (non-hydrogen) atoms. The molecule has 164 valence electrons. The van der Waals surface area contributed by atoms with Gasteiger partial charge in [0.15, 0.2) is 0 Å². The van der Waals surface area contributed by atoms with Gasteiger partial charge in [-0.1, -0.05) is 24.0 Å². The van der Waals surface area contributed by atoms with Crippen molar-refractivity contribution in [2.24, 2.45) is 0 Å². The Labute approximate surface area is 192 Å². The van der Waals surface area contributed by atoms with Gasteiger partial charge >= 0.3 is 6.43 Å². The number of rotatable bonds is 4. The maximum atomic E-state index is 12.7. The zero-order chi connectivity index (χ0) is 23.5. The van der Waals surface area contributed by atoms with E-state index in [1.165, 1.54) is 6.20 Å². The number of fused-ring (bicyclic) bond motifs is 1. The van der Waals surface area contributed by atoms with Crippen LogP contribution in [0.25, 0.3) is 22.4 Å². The number of hydrogen-bond acceptors (Lipinski definition) is 6. The standard InChI is InChI=1S/C25H14F2N6O/c26-23(27)25-32-31-24(34-25)19-9-10-20(29-13-19)15-33-22-6-2-5-18(21(22)14-30-33)8-7-16-3-1-4-17(11-16)12-28/h1-6,9-11,13-14,23H,15H2. The summed E-state index contributed by atoms with van der Waals surface area (Å²) >= 11 is 0. The molecule has 7 nitrogen and oxygen atoms in total. The van der Waals surface area contributed by atoms with Gasteiger partial charge in [0.05, 0.1) is 41.1 Å². The van der Waals surface area contributed by atoms with Crippen LogP contribution in [-0.2, 0) is 6.54 Å². The van der Waals surface area contributed by atoms with Crippen LogP contribution in [0.4, 0.5) is 8.78 Å². The van der Waals surface area contributed by atoms with Crippen molar-refractivity contribution in [3.63, 3.8) is 0 Å². The predicted molar refractivity (Wildman–Crippen MR) is 118 cm³/mol. The molecule has 0 N–H and O–H groups in total. The Bertz CT molecular complexity index is 1590. The first-order valence-corrected chi connectivity index (χ1v) is 10.1. The molecule has 0 amide bonds. The van der Waals surface area contributed by atoms with E-state index in [1.54, 1.807) is 41.2 Å². The molecule has 5 rings (SSSR count). The molecule has 0 bridgehead atoms. The Morgan fingerprint density at radius 2 is 1.82 bits per heavy atom. The van der Waals surface area contributed by atoms with E-state index < -0.39 is 12.3 Å². The summed E-state index contributed by atoms with van der Waals surface area (Å²) in [6, 6.07) is 18.5. The van der Waals surface area contributed by atoms with Gasteiger partial charge in [0.1, 0.15) is 0 Å². The van der Waals surface area contributed by atoms with Crippen LogP contribution >= 0.6 is 0 Å². The third kappa shape index (κ3) is 4.23. The minimum absolute atomic E-state index is 0.0117.